The number of para-hydroxylation sites is 1. The first-order valence-corrected chi connectivity index (χ1v) is 13.1. The molecule has 0 aliphatic carbocycles. The number of halogens is 1. The molecule has 5 nitrogen and oxygen atoms in total. The van der Waals surface area contributed by atoms with Crippen LogP contribution in [-0.2, 0) is 6.54 Å². The van der Waals surface area contributed by atoms with Crippen LogP contribution in [0.1, 0.15) is 46.6 Å². The van der Waals surface area contributed by atoms with Crippen molar-refractivity contribution in [3.63, 3.8) is 0 Å². The van der Waals surface area contributed by atoms with Gasteiger partial charge >= 0.3 is 0 Å². The summed E-state index contributed by atoms with van der Waals surface area (Å²) in [6.45, 7) is 3.59. The van der Waals surface area contributed by atoms with Gasteiger partial charge in [-0.25, -0.2) is 0 Å². The topological polar surface area (TPSA) is 50.2 Å². The van der Waals surface area contributed by atoms with Crippen LogP contribution in [0.15, 0.2) is 84.9 Å². The summed E-state index contributed by atoms with van der Waals surface area (Å²) in [5, 5.41) is 3.74. The number of carbonyl (C=O) groups is 1. The van der Waals surface area contributed by atoms with E-state index in [0.29, 0.717) is 29.0 Å². The van der Waals surface area contributed by atoms with Crippen LogP contribution in [0.3, 0.4) is 0 Å². The fourth-order valence-electron chi connectivity index (χ4n) is 4.19. The second-order valence-electron chi connectivity index (χ2n) is 8.48. The number of hydrogen-bond donors (Lipinski definition) is 1. The minimum absolute atomic E-state index is 0.0385. The molecule has 178 valence electrons. The van der Waals surface area contributed by atoms with E-state index in [0.717, 1.165) is 36.2 Å². The molecule has 0 amide bonds. The summed E-state index contributed by atoms with van der Waals surface area (Å²) < 4.78 is 4.13. The molecule has 0 saturated carbocycles. The van der Waals surface area contributed by atoms with Crippen LogP contribution in [0.25, 0.3) is 5.69 Å². The third-order valence-electron chi connectivity index (χ3n) is 5.97. The molecule has 1 aliphatic heterocycles. The normalized spacial score (nSPS) is 15.2. The molecule has 1 unspecified atom stereocenters. The molecule has 0 bridgehead atoms. The van der Waals surface area contributed by atoms with Crippen LogP contribution < -0.4 is 9.62 Å². The van der Waals surface area contributed by atoms with Gasteiger partial charge in [0.05, 0.1) is 6.54 Å². The zero-order valence-corrected chi connectivity index (χ0v) is 21.1. The molecule has 7 heteroatoms. The molecule has 35 heavy (non-hydrogen) atoms. The number of fused-ring (bicyclic) bond motifs is 1. The summed E-state index contributed by atoms with van der Waals surface area (Å²) in [4.78, 5) is 19.1. The summed E-state index contributed by atoms with van der Waals surface area (Å²) >= 11 is 7.67. The van der Waals surface area contributed by atoms with E-state index in [1.807, 2.05) is 77.4 Å². The average Bonchev–Trinajstić information content (AvgIpc) is 3.28. The molecule has 2 heterocycles. The SMILES string of the molecule is CCCCNc1nc2c(n1-c1ccccc1)C(=O)C(c1ccc(Cl)cc1)SN2Cc1ccccc1. The van der Waals surface area contributed by atoms with E-state index >= 15 is 0 Å². The molecule has 3 aromatic carbocycles. The van der Waals surface area contributed by atoms with E-state index in [1.165, 1.54) is 11.9 Å². The fourth-order valence-corrected chi connectivity index (χ4v) is 5.51. The molecule has 1 aromatic heterocycles. The summed E-state index contributed by atoms with van der Waals surface area (Å²) in [6, 6.07) is 27.8. The smallest absolute Gasteiger partial charge is 0.210 e. The molecular formula is C28H27ClN4OS. The maximum Gasteiger partial charge on any atom is 0.210 e. The molecule has 0 radical (unpaired) electrons. The Balaban J connectivity index is 1.65. The van der Waals surface area contributed by atoms with Crippen molar-refractivity contribution in [3.8, 4) is 5.69 Å². The quantitative estimate of drug-likeness (QED) is 0.202. The zero-order valence-electron chi connectivity index (χ0n) is 19.5. The van der Waals surface area contributed by atoms with Gasteiger partial charge in [-0.15, -0.1) is 0 Å². The minimum atomic E-state index is -0.397. The number of benzene rings is 3. The first-order chi connectivity index (χ1) is 17.2. The van der Waals surface area contributed by atoms with Crippen molar-refractivity contribution in [2.24, 2.45) is 0 Å². The molecular weight excluding hydrogens is 476 g/mol. The maximum atomic E-state index is 14.1. The number of unbranched alkanes of at least 4 members (excludes halogenated alkanes) is 1. The zero-order chi connectivity index (χ0) is 24.2. The number of imidazole rings is 1. The highest BCUT2D eigenvalue weighted by Gasteiger charge is 2.39. The van der Waals surface area contributed by atoms with Gasteiger partial charge in [-0.05, 0) is 53.8 Å². The van der Waals surface area contributed by atoms with E-state index in [2.05, 4.69) is 28.7 Å². The van der Waals surface area contributed by atoms with Crippen LogP contribution in [0.5, 0.6) is 0 Å². The number of hydrogen-bond acceptors (Lipinski definition) is 5. The second kappa shape index (κ2) is 10.6. The van der Waals surface area contributed by atoms with Crippen molar-refractivity contribution in [3.05, 3.63) is 107 Å². The van der Waals surface area contributed by atoms with Crippen LogP contribution in [0, 0.1) is 0 Å². The largest absolute Gasteiger partial charge is 0.355 e. The third kappa shape index (κ3) is 4.95. The van der Waals surface area contributed by atoms with Gasteiger partial charge in [-0.2, -0.15) is 4.98 Å². The van der Waals surface area contributed by atoms with Crippen molar-refractivity contribution in [1.29, 1.82) is 0 Å². The van der Waals surface area contributed by atoms with Crippen LogP contribution in [0.4, 0.5) is 11.8 Å². The van der Waals surface area contributed by atoms with Gasteiger partial charge < -0.3 is 5.32 Å². The van der Waals surface area contributed by atoms with Crippen molar-refractivity contribution < 1.29 is 4.79 Å². The van der Waals surface area contributed by atoms with E-state index in [4.69, 9.17) is 16.6 Å². The van der Waals surface area contributed by atoms with Crippen molar-refractivity contribution in [2.45, 2.75) is 31.6 Å². The van der Waals surface area contributed by atoms with Gasteiger partial charge in [-0.3, -0.25) is 13.7 Å². The lowest BCUT2D eigenvalue weighted by atomic mass is 10.1. The number of carbonyl (C=O) groups excluding carboxylic acids is 1. The van der Waals surface area contributed by atoms with Crippen molar-refractivity contribution in [2.75, 3.05) is 16.2 Å². The Bertz CT molecular complexity index is 1290. The van der Waals surface area contributed by atoms with E-state index in [9.17, 15) is 4.79 Å². The number of nitrogens with one attached hydrogen (secondary N) is 1. The predicted molar refractivity (Wildman–Crippen MR) is 146 cm³/mol. The van der Waals surface area contributed by atoms with Gasteiger partial charge in [0.2, 0.25) is 11.7 Å². The third-order valence-corrected chi connectivity index (χ3v) is 7.47. The standard InChI is InChI=1S/C28H27ClN4OS/c1-2-3-18-30-28-31-27-24(33(28)23-12-8-5-9-13-23)25(34)26(21-14-16-22(29)17-15-21)35-32(27)19-20-10-6-4-7-11-20/h4-17,26H,2-3,18-19H2,1H3,(H,30,31). The highest BCUT2D eigenvalue weighted by molar-refractivity contribution is 8.01. The van der Waals surface area contributed by atoms with E-state index in [-0.39, 0.29) is 5.78 Å². The summed E-state index contributed by atoms with van der Waals surface area (Å²) in [5.41, 5.74) is 3.60. The number of nitrogens with zero attached hydrogens (tertiary/aromatic N) is 3. The maximum absolute atomic E-state index is 14.1. The molecule has 1 atom stereocenters. The lowest BCUT2D eigenvalue weighted by molar-refractivity contribution is 0.0982. The fraction of sp³-hybridized carbons (Fsp3) is 0.214. The highest BCUT2D eigenvalue weighted by Crippen LogP contribution is 2.47. The van der Waals surface area contributed by atoms with E-state index < -0.39 is 5.25 Å². The summed E-state index contributed by atoms with van der Waals surface area (Å²) in [5.74, 6) is 1.42. The molecule has 0 fully saturated rings. The summed E-state index contributed by atoms with van der Waals surface area (Å²) in [6.07, 6.45) is 2.10. The number of rotatable bonds is 8. The molecule has 4 aromatic rings. The predicted octanol–water partition coefficient (Wildman–Crippen LogP) is 7.33. The molecule has 1 N–H and O–H groups in total. The number of ketones is 1. The number of anilines is 2. The lowest BCUT2D eigenvalue weighted by Gasteiger charge is -2.31. The number of aromatic nitrogens is 2. The van der Waals surface area contributed by atoms with Gasteiger partial charge in [-0.1, -0.05) is 85.6 Å². The first-order valence-electron chi connectivity index (χ1n) is 11.9. The van der Waals surface area contributed by atoms with Crippen molar-refractivity contribution in [1.82, 2.24) is 9.55 Å². The Hall–Kier alpha value is -3.22. The monoisotopic (exact) mass is 502 g/mol. The van der Waals surface area contributed by atoms with Gasteiger partial charge in [0.25, 0.3) is 0 Å². The average molecular weight is 503 g/mol. The number of Topliss-reactive ketones (excluding diaryl/α,β-unsaturated/α-hetero) is 1. The second-order valence-corrected chi connectivity index (χ2v) is 10.0. The molecule has 0 spiro atoms. The van der Waals surface area contributed by atoms with Crippen LogP contribution in [0.2, 0.25) is 5.02 Å². The van der Waals surface area contributed by atoms with E-state index in [1.54, 1.807) is 0 Å². The van der Waals surface area contributed by atoms with Gasteiger partial charge in [0.15, 0.2) is 5.82 Å². The Morgan fingerprint density at radius 2 is 1.66 bits per heavy atom. The van der Waals surface area contributed by atoms with Crippen LogP contribution in [-0.4, -0.2) is 21.9 Å². The Morgan fingerprint density at radius 3 is 2.34 bits per heavy atom. The Morgan fingerprint density at radius 1 is 0.971 bits per heavy atom. The van der Waals surface area contributed by atoms with Gasteiger partial charge in [0.1, 0.15) is 10.9 Å². The molecule has 1 aliphatic rings. The molecule has 5 rings (SSSR count). The highest BCUT2D eigenvalue weighted by atomic mass is 35.5. The van der Waals surface area contributed by atoms with Crippen LogP contribution >= 0.6 is 23.5 Å². The Kier molecular flexibility index (Phi) is 7.11. The van der Waals surface area contributed by atoms with Gasteiger partial charge in [0, 0.05) is 17.3 Å². The molecule has 0 saturated heterocycles. The first kappa shape index (κ1) is 23.5. The Labute approximate surface area is 215 Å². The van der Waals surface area contributed by atoms with Crippen molar-refractivity contribution >= 4 is 41.1 Å². The summed E-state index contributed by atoms with van der Waals surface area (Å²) in [7, 11) is 0. The lowest BCUT2D eigenvalue weighted by Crippen LogP contribution is -2.29. The minimum Gasteiger partial charge on any atom is -0.355 e.